The van der Waals surface area contributed by atoms with Gasteiger partial charge in [-0.05, 0) is 49.3 Å². The van der Waals surface area contributed by atoms with Crippen molar-refractivity contribution in [3.63, 3.8) is 0 Å². The molecule has 0 aliphatic heterocycles. The maximum absolute atomic E-state index is 12.1. The third-order valence-electron chi connectivity index (χ3n) is 3.57. The molecule has 0 heterocycles. The van der Waals surface area contributed by atoms with E-state index in [4.69, 9.17) is 12.2 Å². The highest BCUT2D eigenvalue weighted by atomic mass is 32.1. The average molecular weight is 291 g/mol. The molecule has 20 heavy (non-hydrogen) atoms. The predicted octanol–water partition coefficient (Wildman–Crippen LogP) is 2.67. The molecule has 2 rings (SSSR count). The quantitative estimate of drug-likeness (QED) is 0.750. The van der Waals surface area contributed by atoms with E-state index in [1.165, 1.54) is 19.3 Å². The first-order valence-electron chi connectivity index (χ1n) is 7.08. The van der Waals surface area contributed by atoms with Crippen LogP contribution >= 0.6 is 12.2 Å². The van der Waals surface area contributed by atoms with Gasteiger partial charge < -0.3 is 16.0 Å². The van der Waals surface area contributed by atoms with Crippen LogP contribution in [0.3, 0.4) is 0 Å². The second-order valence-corrected chi connectivity index (χ2v) is 5.50. The molecule has 3 N–H and O–H groups in total. The number of anilines is 1. The van der Waals surface area contributed by atoms with Gasteiger partial charge in [0.15, 0.2) is 5.11 Å². The van der Waals surface area contributed by atoms with Crippen molar-refractivity contribution in [1.29, 1.82) is 0 Å². The summed E-state index contributed by atoms with van der Waals surface area (Å²) in [7, 11) is 1.77. The Hall–Kier alpha value is -1.62. The Labute approximate surface area is 125 Å². The molecule has 0 unspecified atom stereocenters. The van der Waals surface area contributed by atoms with E-state index in [0.29, 0.717) is 16.7 Å². The summed E-state index contributed by atoms with van der Waals surface area (Å²) in [6.07, 6.45) is 5.92. The predicted molar refractivity (Wildman–Crippen MR) is 86.1 cm³/mol. The molecule has 1 amide bonds. The van der Waals surface area contributed by atoms with Gasteiger partial charge >= 0.3 is 0 Å². The zero-order valence-electron chi connectivity index (χ0n) is 11.7. The van der Waals surface area contributed by atoms with Crippen LogP contribution < -0.4 is 16.0 Å². The molecule has 0 spiro atoms. The molecule has 5 heteroatoms. The topological polar surface area (TPSA) is 53.2 Å². The van der Waals surface area contributed by atoms with Gasteiger partial charge in [-0.15, -0.1) is 0 Å². The summed E-state index contributed by atoms with van der Waals surface area (Å²) in [4.78, 5) is 12.1. The molecule has 0 radical (unpaired) electrons. The Kier molecular flexibility index (Phi) is 5.35. The van der Waals surface area contributed by atoms with E-state index in [1.54, 1.807) is 7.05 Å². The first-order chi connectivity index (χ1) is 9.69. The van der Waals surface area contributed by atoms with Crippen LogP contribution in [0, 0.1) is 0 Å². The van der Waals surface area contributed by atoms with Gasteiger partial charge in [0, 0.05) is 24.3 Å². The lowest BCUT2D eigenvalue weighted by Crippen LogP contribution is -2.36. The van der Waals surface area contributed by atoms with Crippen LogP contribution in [-0.4, -0.2) is 24.1 Å². The van der Waals surface area contributed by atoms with Crippen molar-refractivity contribution < 1.29 is 4.79 Å². The van der Waals surface area contributed by atoms with Crippen molar-refractivity contribution in [2.24, 2.45) is 0 Å². The van der Waals surface area contributed by atoms with E-state index >= 15 is 0 Å². The summed E-state index contributed by atoms with van der Waals surface area (Å²) in [5.41, 5.74) is 1.56. The molecule has 1 saturated carbocycles. The van der Waals surface area contributed by atoms with E-state index in [2.05, 4.69) is 16.0 Å². The molecule has 1 aromatic rings. The molecule has 0 aromatic heterocycles. The smallest absolute Gasteiger partial charge is 0.251 e. The fourth-order valence-corrected chi connectivity index (χ4v) is 2.53. The van der Waals surface area contributed by atoms with E-state index in [9.17, 15) is 4.79 Å². The van der Waals surface area contributed by atoms with Crippen LogP contribution in [0.15, 0.2) is 24.3 Å². The molecule has 1 fully saturated rings. The van der Waals surface area contributed by atoms with Crippen LogP contribution in [0.1, 0.15) is 42.5 Å². The van der Waals surface area contributed by atoms with Crippen molar-refractivity contribution in [3.8, 4) is 0 Å². The third kappa shape index (κ3) is 4.20. The lowest BCUT2D eigenvalue weighted by atomic mass is 9.95. The molecule has 1 aromatic carbocycles. The van der Waals surface area contributed by atoms with Crippen molar-refractivity contribution in [2.75, 3.05) is 12.4 Å². The summed E-state index contributed by atoms with van der Waals surface area (Å²) in [6, 6.07) is 7.70. The first kappa shape index (κ1) is 14.8. The monoisotopic (exact) mass is 291 g/mol. The molecular formula is C15H21N3OS. The van der Waals surface area contributed by atoms with Crippen molar-refractivity contribution in [3.05, 3.63) is 29.8 Å². The molecule has 4 nitrogen and oxygen atoms in total. The van der Waals surface area contributed by atoms with Crippen molar-refractivity contribution in [1.82, 2.24) is 10.6 Å². The molecular weight excluding hydrogens is 270 g/mol. The van der Waals surface area contributed by atoms with Crippen molar-refractivity contribution in [2.45, 2.75) is 38.1 Å². The van der Waals surface area contributed by atoms with Gasteiger partial charge in [0.05, 0.1) is 0 Å². The number of thiocarbonyl (C=S) groups is 1. The average Bonchev–Trinajstić information content (AvgIpc) is 2.49. The Morgan fingerprint density at radius 2 is 1.80 bits per heavy atom. The Morgan fingerprint density at radius 3 is 2.40 bits per heavy atom. The SMILES string of the molecule is CNC(=S)Nc1ccc(C(=O)NC2CCCCC2)cc1. The molecule has 0 bridgehead atoms. The number of nitrogens with one attached hydrogen (secondary N) is 3. The second-order valence-electron chi connectivity index (χ2n) is 5.09. The fraction of sp³-hybridized carbons (Fsp3) is 0.467. The highest BCUT2D eigenvalue weighted by Crippen LogP contribution is 2.18. The Bertz CT molecular complexity index is 467. The summed E-state index contributed by atoms with van der Waals surface area (Å²) in [5, 5.41) is 9.54. The molecule has 108 valence electrons. The minimum absolute atomic E-state index is 0.0136. The van der Waals surface area contributed by atoms with Gasteiger partial charge in [-0.2, -0.15) is 0 Å². The largest absolute Gasteiger partial charge is 0.366 e. The van der Waals surface area contributed by atoms with Gasteiger partial charge in [0.2, 0.25) is 0 Å². The fourth-order valence-electron chi connectivity index (χ4n) is 2.41. The molecule has 0 atom stereocenters. The number of amides is 1. The summed E-state index contributed by atoms with van der Waals surface area (Å²) in [5.74, 6) is 0.0136. The van der Waals surface area contributed by atoms with E-state index in [-0.39, 0.29) is 5.91 Å². The molecule has 1 aliphatic rings. The van der Waals surface area contributed by atoms with Crippen LogP contribution in [0.25, 0.3) is 0 Å². The molecule has 1 aliphatic carbocycles. The number of carbonyl (C=O) groups excluding carboxylic acids is 1. The van der Waals surface area contributed by atoms with Gasteiger partial charge in [-0.1, -0.05) is 19.3 Å². The summed E-state index contributed by atoms with van der Waals surface area (Å²) < 4.78 is 0. The maximum Gasteiger partial charge on any atom is 0.251 e. The summed E-state index contributed by atoms with van der Waals surface area (Å²) in [6.45, 7) is 0. The lowest BCUT2D eigenvalue weighted by Gasteiger charge is -2.22. The number of hydrogen-bond donors (Lipinski definition) is 3. The normalized spacial score (nSPS) is 15.4. The number of rotatable bonds is 3. The zero-order chi connectivity index (χ0) is 14.4. The van der Waals surface area contributed by atoms with Gasteiger partial charge in [-0.3, -0.25) is 4.79 Å². The van der Waals surface area contributed by atoms with Gasteiger partial charge in [0.1, 0.15) is 0 Å². The minimum Gasteiger partial charge on any atom is -0.366 e. The van der Waals surface area contributed by atoms with Crippen LogP contribution in [0.5, 0.6) is 0 Å². The number of benzene rings is 1. The third-order valence-corrected chi connectivity index (χ3v) is 3.88. The summed E-state index contributed by atoms with van der Waals surface area (Å²) >= 11 is 5.03. The van der Waals surface area contributed by atoms with Crippen LogP contribution in [-0.2, 0) is 0 Å². The number of carbonyl (C=O) groups is 1. The number of hydrogen-bond acceptors (Lipinski definition) is 2. The standard InChI is InChI=1S/C15H21N3OS/c1-16-15(20)18-13-9-7-11(8-10-13)14(19)17-12-5-3-2-4-6-12/h7-10,12H,2-6H2,1H3,(H,17,19)(H2,16,18,20). The minimum atomic E-state index is 0.0136. The lowest BCUT2D eigenvalue weighted by molar-refractivity contribution is 0.0928. The Balaban J connectivity index is 1.91. The second kappa shape index (κ2) is 7.24. The van der Waals surface area contributed by atoms with Crippen molar-refractivity contribution >= 4 is 28.9 Å². The Morgan fingerprint density at radius 1 is 1.15 bits per heavy atom. The van der Waals surface area contributed by atoms with Gasteiger partial charge in [-0.25, -0.2) is 0 Å². The first-order valence-corrected chi connectivity index (χ1v) is 7.49. The van der Waals surface area contributed by atoms with E-state index in [1.807, 2.05) is 24.3 Å². The zero-order valence-corrected chi connectivity index (χ0v) is 12.6. The highest BCUT2D eigenvalue weighted by Gasteiger charge is 2.16. The van der Waals surface area contributed by atoms with E-state index < -0.39 is 0 Å². The highest BCUT2D eigenvalue weighted by molar-refractivity contribution is 7.80. The maximum atomic E-state index is 12.1. The van der Waals surface area contributed by atoms with E-state index in [0.717, 1.165) is 18.5 Å². The molecule has 0 saturated heterocycles. The van der Waals surface area contributed by atoms with Crippen LogP contribution in [0.4, 0.5) is 5.69 Å². The van der Waals surface area contributed by atoms with Crippen LogP contribution in [0.2, 0.25) is 0 Å². The van der Waals surface area contributed by atoms with Gasteiger partial charge in [0.25, 0.3) is 5.91 Å².